The molecule has 0 unspecified atom stereocenters. The maximum Gasteiger partial charge on any atom is 0.0960 e. The van der Waals surface area contributed by atoms with Gasteiger partial charge in [0, 0.05) is 17.1 Å². The van der Waals surface area contributed by atoms with E-state index in [-0.39, 0.29) is 0 Å². The van der Waals surface area contributed by atoms with Gasteiger partial charge in [0.05, 0.1) is 18.6 Å². The molecule has 0 spiro atoms. The SMILES string of the molecule is Nc1ccc(Cc2ccc(N3C=Nc4ccc(Cc5ccc(N)cc5)cc4C3)cc2)cc1. The van der Waals surface area contributed by atoms with E-state index in [9.17, 15) is 0 Å². The molecule has 1 aliphatic rings. The quantitative estimate of drug-likeness (QED) is 0.408. The molecular weight excluding hydrogens is 392 g/mol. The molecule has 0 bridgehead atoms. The smallest absolute Gasteiger partial charge is 0.0960 e. The summed E-state index contributed by atoms with van der Waals surface area (Å²) in [5.74, 6) is 0. The van der Waals surface area contributed by atoms with Gasteiger partial charge in [0.25, 0.3) is 0 Å². The average Bonchev–Trinajstić information content (AvgIpc) is 2.82. The Morgan fingerprint density at radius 2 is 1.12 bits per heavy atom. The first-order valence-corrected chi connectivity index (χ1v) is 10.8. The lowest BCUT2D eigenvalue weighted by Gasteiger charge is -2.25. The molecule has 158 valence electrons. The number of hydrogen-bond acceptors (Lipinski definition) is 4. The van der Waals surface area contributed by atoms with E-state index in [1.807, 2.05) is 30.6 Å². The lowest BCUT2D eigenvalue weighted by Crippen LogP contribution is -2.23. The van der Waals surface area contributed by atoms with E-state index in [1.165, 1.54) is 27.8 Å². The van der Waals surface area contributed by atoms with Gasteiger partial charge in [-0.25, -0.2) is 4.99 Å². The second-order valence-corrected chi connectivity index (χ2v) is 8.34. The maximum absolute atomic E-state index is 5.81. The van der Waals surface area contributed by atoms with Crippen molar-refractivity contribution >= 4 is 29.1 Å². The molecule has 0 saturated heterocycles. The zero-order chi connectivity index (χ0) is 21.9. The van der Waals surface area contributed by atoms with Crippen molar-refractivity contribution < 1.29 is 0 Å². The van der Waals surface area contributed by atoms with Crippen LogP contribution >= 0.6 is 0 Å². The minimum atomic E-state index is 0.795. The second kappa shape index (κ2) is 8.60. The van der Waals surface area contributed by atoms with Crippen LogP contribution in [0.5, 0.6) is 0 Å². The van der Waals surface area contributed by atoms with Crippen LogP contribution in [-0.4, -0.2) is 6.34 Å². The Balaban J connectivity index is 1.29. The zero-order valence-electron chi connectivity index (χ0n) is 17.9. The molecule has 4 heteroatoms. The lowest BCUT2D eigenvalue weighted by molar-refractivity contribution is 0.987. The molecule has 4 aromatic rings. The fourth-order valence-electron chi connectivity index (χ4n) is 4.06. The summed E-state index contributed by atoms with van der Waals surface area (Å²) in [6.45, 7) is 0.811. The molecule has 4 nitrogen and oxygen atoms in total. The van der Waals surface area contributed by atoms with E-state index in [1.54, 1.807) is 0 Å². The highest BCUT2D eigenvalue weighted by Crippen LogP contribution is 2.29. The van der Waals surface area contributed by atoms with Gasteiger partial charge in [-0.05, 0) is 83.1 Å². The van der Waals surface area contributed by atoms with Crippen molar-refractivity contribution in [1.82, 2.24) is 0 Å². The minimum absolute atomic E-state index is 0.795. The molecule has 0 saturated carbocycles. The van der Waals surface area contributed by atoms with Crippen LogP contribution in [0, 0.1) is 0 Å². The van der Waals surface area contributed by atoms with E-state index in [4.69, 9.17) is 11.5 Å². The van der Waals surface area contributed by atoms with Crippen LogP contribution in [0.1, 0.15) is 27.8 Å². The monoisotopic (exact) mass is 418 g/mol. The number of hydrogen-bond donors (Lipinski definition) is 2. The van der Waals surface area contributed by atoms with Crippen LogP contribution in [-0.2, 0) is 19.4 Å². The third kappa shape index (κ3) is 4.49. The first kappa shape index (κ1) is 19.9. The largest absolute Gasteiger partial charge is 0.399 e. The van der Waals surface area contributed by atoms with Crippen LogP contribution < -0.4 is 16.4 Å². The van der Waals surface area contributed by atoms with Crippen molar-refractivity contribution in [2.45, 2.75) is 19.4 Å². The van der Waals surface area contributed by atoms with Crippen molar-refractivity contribution in [2.75, 3.05) is 16.4 Å². The minimum Gasteiger partial charge on any atom is -0.399 e. The first-order valence-electron chi connectivity index (χ1n) is 10.8. The molecule has 1 aliphatic heterocycles. The Morgan fingerprint density at radius 3 is 1.72 bits per heavy atom. The lowest BCUT2D eigenvalue weighted by atomic mass is 10.0. The van der Waals surface area contributed by atoms with Gasteiger partial charge in [-0.2, -0.15) is 0 Å². The normalized spacial score (nSPS) is 12.6. The maximum atomic E-state index is 5.81. The van der Waals surface area contributed by atoms with Gasteiger partial charge in [0.15, 0.2) is 0 Å². The summed E-state index contributed by atoms with van der Waals surface area (Å²) in [5.41, 5.74) is 21.7. The number of nitrogens with two attached hydrogens (primary N) is 2. The van der Waals surface area contributed by atoms with Crippen LogP contribution in [0.3, 0.4) is 0 Å². The molecule has 4 N–H and O–H groups in total. The van der Waals surface area contributed by atoms with Crippen LogP contribution in [0.25, 0.3) is 0 Å². The Bertz CT molecular complexity index is 1240. The van der Waals surface area contributed by atoms with E-state index >= 15 is 0 Å². The third-order valence-corrected chi connectivity index (χ3v) is 5.86. The van der Waals surface area contributed by atoms with Crippen molar-refractivity contribution in [3.63, 3.8) is 0 Å². The zero-order valence-corrected chi connectivity index (χ0v) is 17.9. The highest BCUT2D eigenvalue weighted by atomic mass is 15.2. The molecular formula is C28H26N4. The molecule has 0 aliphatic carbocycles. The van der Waals surface area contributed by atoms with Gasteiger partial charge in [0.2, 0.25) is 0 Å². The molecule has 4 aromatic carbocycles. The highest BCUT2D eigenvalue weighted by molar-refractivity contribution is 5.84. The molecule has 1 heterocycles. The number of fused-ring (bicyclic) bond motifs is 1. The van der Waals surface area contributed by atoms with Gasteiger partial charge in [-0.3, -0.25) is 0 Å². The average molecular weight is 419 g/mol. The second-order valence-electron chi connectivity index (χ2n) is 8.34. The molecule has 0 aromatic heterocycles. The summed E-state index contributed by atoms with van der Waals surface area (Å²) >= 11 is 0. The number of benzene rings is 4. The summed E-state index contributed by atoms with van der Waals surface area (Å²) in [5, 5.41) is 0. The number of nitrogen functional groups attached to an aromatic ring is 2. The van der Waals surface area contributed by atoms with E-state index in [0.29, 0.717) is 0 Å². The topological polar surface area (TPSA) is 67.6 Å². The van der Waals surface area contributed by atoms with Crippen molar-refractivity contribution in [3.05, 3.63) is 119 Å². The Hall–Kier alpha value is -4.05. The molecule has 5 rings (SSSR count). The summed E-state index contributed by atoms with van der Waals surface area (Å²) in [6.07, 6.45) is 3.71. The van der Waals surface area contributed by atoms with Crippen molar-refractivity contribution in [1.29, 1.82) is 0 Å². The molecule has 0 amide bonds. The van der Waals surface area contributed by atoms with Gasteiger partial charge >= 0.3 is 0 Å². The summed E-state index contributed by atoms with van der Waals surface area (Å²) in [4.78, 5) is 6.88. The van der Waals surface area contributed by atoms with Crippen molar-refractivity contribution in [3.8, 4) is 0 Å². The van der Waals surface area contributed by atoms with Gasteiger partial charge < -0.3 is 16.4 Å². The fourth-order valence-corrected chi connectivity index (χ4v) is 4.06. The van der Waals surface area contributed by atoms with Gasteiger partial charge in [-0.15, -0.1) is 0 Å². The summed E-state index contributed by atoms with van der Waals surface area (Å²) in [7, 11) is 0. The first-order chi connectivity index (χ1) is 15.6. The van der Waals surface area contributed by atoms with Crippen LogP contribution in [0.4, 0.5) is 22.7 Å². The van der Waals surface area contributed by atoms with E-state index in [0.717, 1.165) is 42.1 Å². The number of nitrogens with zero attached hydrogens (tertiary/aromatic N) is 2. The van der Waals surface area contributed by atoms with Crippen molar-refractivity contribution in [2.24, 2.45) is 4.99 Å². The molecule has 0 fully saturated rings. The number of anilines is 3. The van der Waals surface area contributed by atoms with Crippen LogP contribution in [0.2, 0.25) is 0 Å². The molecule has 32 heavy (non-hydrogen) atoms. The Labute approximate surface area is 188 Å². The number of aliphatic imine (C=N–C) groups is 1. The van der Waals surface area contributed by atoms with Crippen LogP contribution in [0.15, 0.2) is 96.0 Å². The van der Waals surface area contributed by atoms with Gasteiger partial charge in [-0.1, -0.05) is 48.5 Å². The highest BCUT2D eigenvalue weighted by Gasteiger charge is 2.14. The third-order valence-electron chi connectivity index (χ3n) is 5.86. The molecule has 0 atom stereocenters. The molecule has 0 radical (unpaired) electrons. The predicted octanol–water partition coefficient (Wildman–Crippen LogP) is 5.71. The van der Waals surface area contributed by atoms with E-state index < -0.39 is 0 Å². The predicted molar refractivity (Wildman–Crippen MR) is 135 cm³/mol. The van der Waals surface area contributed by atoms with E-state index in [2.05, 4.69) is 76.6 Å². The summed E-state index contributed by atoms with van der Waals surface area (Å²) in [6, 6.07) is 31.4. The number of rotatable bonds is 5. The summed E-state index contributed by atoms with van der Waals surface area (Å²) < 4.78 is 0. The Morgan fingerprint density at radius 1 is 0.625 bits per heavy atom. The fraction of sp³-hybridized carbons (Fsp3) is 0.107. The standard InChI is InChI=1S/C28H26N4/c29-25-8-1-20(2-9-25)15-22-5-12-27(13-6-22)32-18-24-17-23(7-14-28(24)31-19-32)16-21-3-10-26(30)11-4-21/h1-14,17,19H,15-16,18,29-30H2. The van der Waals surface area contributed by atoms with Gasteiger partial charge in [0.1, 0.15) is 0 Å². The Kier molecular flexibility index (Phi) is 5.34.